The molecule has 1 heterocycles. The van der Waals surface area contributed by atoms with Gasteiger partial charge in [-0.1, -0.05) is 36.4 Å². The van der Waals surface area contributed by atoms with Crippen molar-refractivity contribution in [2.24, 2.45) is 0 Å². The summed E-state index contributed by atoms with van der Waals surface area (Å²) in [4.78, 5) is 13.2. The van der Waals surface area contributed by atoms with E-state index in [1.54, 1.807) is 6.07 Å². The van der Waals surface area contributed by atoms with Gasteiger partial charge in [-0.2, -0.15) is 5.26 Å². The quantitative estimate of drug-likeness (QED) is 0.687. The van der Waals surface area contributed by atoms with Crippen LogP contribution in [0.2, 0.25) is 0 Å². The zero-order chi connectivity index (χ0) is 17.6. The first-order valence-electron chi connectivity index (χ1n) is 8.05. The minimum absolute atomic E-state index is 0.275. The van der Waals surface area contributed by atoms with Crippen molar-refractivity contribution in [2.45, 2.75) is 0 Å². The summed E-state index contributed by atoms with van der Waals surface area (Å²) in [5.74, 6) is -1.22. The van der Waals surface area contributed by atoms with E-state index >= 15 is 0 Å². The SMILES string of the molecule is N#C/C(=C\c1ccc(-c2ccc(N3CCOCC3)cc2)cc1)C(=O)O. The molecule has 0 atom stereocenters. The van der Waals surface area contributed by atoms with Gasteiger partial charge in [0.05, 0.1) is 13.2 Å². The molecule has 126 valence electrons. The monoisotopic (exact) mass is 334 g/mol. The topological polar surface area (TPSA) is 73.6 Å². The van der Waals surface area contributed by atoms with Crippen LogP contribution in [0.25, 0.3) is 17.2 Å². The normalized spacial score (nSPS) is 14.8. The lowest BCUT2D eigenvalue weighted by molar-refractivity contribution is -0.132. The van der Waals surface area contributed by atoms with E-state index in [1.807, 2.05) is 24.3 Å². The third kappa shape index (κ3) is 4.06. The summed E-state index contributed by atoms with van der Waals surface area (Å²) in [6, 6.07) is 17.5. The lowest BCUT2D eigenvalue weighted by atomic mass is 10.0. The number of carboxylic acid groups (broad SMARTS) is 1. The molecule has 25 heavy (non-hydrogen) atoms. The smallest absolute Gasteiger partial charge is 0.346 e. The molecule has 0 aliphatic carbocycles. The van der Waals surface area contributed by atoms with Crippen molar-refractivity contribution in [1.82, 2.24) is 0 Å². The number of morpholine rings is 1. The fourth-order valence-corrected chi connectivity index (χ4v) is 2.77. The van der Waals surface area contributed by atoms with Gasteiger partial charge >= 0.3 is 5.97 Å². The first-order chi connectivity index (χ1) is 12.2. The van der Waals surface area contributed by atoms with Crippen molar-refractivity contribution < 1.29 is 14.6 Å². The number of carboxylic acids is 1. The van der Waals surface area contributed by atoms with Crippen molar-refractivity contribution in [3.63, 3.8) is 0 Å². The largest absolute Gasteiger partial charge is 0.477 e. The number of nitrogens with zero attached hydrogens (tertiary/aromatic N) is 2. The molecule has 0 aromatic heterocycles. The highest BCUT2D eigenvalue weighted by Crippen LogP contribution is 2.24. The standard InChI is InChI=1S/C20H18N2O3/c21-14-18(20(23)24)13-15-1-3-16(4-2-15)17-5-7-19(8-6-17)22-9-11-25-12-10-22/h1-8,13H,9-12H2,(H,23,24)/b18-13+. The van der Waals surface area contributed by atoms with E-state index in [2.05, 4.69) is 29.2 Å². The summed E-state index contributed by atoms with van der Waals surface area (Å²) in [7, 11) is 0. The minimum atomic E-state index is -1.22. The average molecular weight is 334 g/mol. The van der Waals surface area contributed by atoms with Gasteiger partial charge in [0.15, 0.2) is 0 Å². The highest BCUT2D eigenvalue weighted by molar-refractivity contribution is 5.96. The van der Waals surface area contributed by atoms with Crippen LogP contribution < -0.4 is 4.90 Å². The number of hydrogen-bond donors (Lipinski definition) is 1. The van der Waals surface area contributed by atoms with Crippen molar-refractivity contribution in [2.75, 3.05) is 31.2 Å². The zero-order valence-corrected chi connectivity index (χ0v) is 13.7. The summed E-state index contributed by atoms with van der Waals surface area (Å²) in [5, 5.41) is 17.7. The van der Waals surface area contributed by atoms with Gasteiger partial charge in [-0.3, -0.25) is 0 Å². The summed E-state index contributed by atoms with van der Waals surface area (Å²) >= 11 is 0. The second kappa shape index (κ2) is 7.65. The Balaban J connectivity index is 1.76. The molecule has 0 spiro atoms. The molecule has 0 amide bonds. The van der Waals surface area contributed by atoms with Crippen LogP contribution in [0, 0.1) is 11.3 Å². The van der Waals surface area contributed by atoms with Crippen LogP contribution in [0.1, 0.15) is 5.56 Å². The van der Waals surface area contributed by atoms with E-state index in [1.165, 1.54) is 11.8 Å². The minimum Gasteiger partial charge on any atom is -0.477 e. The molecule has 5 nitrogen and oxygen atoms in total. The Morgan fingerprint density at radius 3 is 2.12 bits per heavy atom. The van der Waals surface area contributed by atoms with Crippen molar-refractivity contribution in [3.05, 3.63) is 59.7 Å². The van der Waals surface area contributed by atoms with Crippen LogP contribution in [0.4, 0.5) is 5.69 Å². The Hall–Kier alpha value is -3.10. The van der Waals surface area contributed by atoms with Crippen molar-refractivity contribution >= 4 is 17.7 Å². The van der Waals surface area contributed by atoms with Gasteiger partial charge in [-0.05, 0) is 34.9 Å². The van der Waals surface area contributed by atoms with Gasteiger partial charge in [-0.15, -0.1) is 0 Å². The third-order valence-electron chi connectivity index (χ3n) is 4.15. The average Bonchev–Trinajstić information content (AvgIpc) is 2.67. The number of carbonyl (C=O) groups is 1. The molecule has 1 aliphatic heterocycles. The van der Waals surface area contributed by atoms with Gasteiger partial charge in [-0.25, -0.2) is 4.79 Å². The van der Waals surface area contributed by atoms with Gasteiger partial charge < -0.3 is 14.7 Å². The molecule has 0 radical (unpaired) electrons. The van der Waals surface area contributed by atoms with Crippen LogP contribution >= 0.6 is 0 Å². The Bertz CT molecular complexity index is 812. The molecular formula is C20H18N2O3. The Morgan fingerprint density at radius 1 is 1.04 bits per heavy atom. The second-order valence-corrected chi connectivity index (χ2v) is 5.74. The first-order valence-corrected chi connectivity index (χ1v) is 8.05. The van der Waals surface area contributed by atoms with E-state index in [4.69, 9.17) is 15.1 Å². The number of hydrogen-bond acceptors (Lipinski definition) is 4. The molecule has 5 heteroatoms. The number of rotatable bonds is 4. The van der Waals surface area contributed by atoms with E-state index in [-0.39, 0.29) is 5.57 Å². The fraction of sp³-hybridized carbons (Fsp3) is 0.200. The number of ether oxygens (including phenoxy) is 1. The molecule has 0 bridgehead atoms. The fourth-order valence-electron chi connectivity index (χ4n) is 2.77. The molecule has 1 aliphatic rings. The highest BCUT2D eigenvalue weighted by atomic mass is 16.5. The highest BCUT2D eigenvalue weighted by Gasteiger charge is 2.11. The van der Waals surface area contributed by atoms with Gasteiger partial charge in [0.2, 0.25) is 0 Å². The molecule has 1 saturated heterocycles. The zero-order valence-electron chi connectivity index (χ0n) is 13.7. The molecular weight excluding hydrogens is 316 g/mol. The van der Waals surface area contributed by atoms with E-state index < -0.39 is 5.97 Å². The Kier molecular flexibility index (Phi) is 5.12. The van der Waals surface area contributed by atoms with Gasteiger partial charge in [0, 0.05) is 18.8 Å². The molecule has 3 rings (SSSR count). The van der Waals surface area contributed by atoms with Gasteiger partial charge in [0.25, 0.3) is 0 Å². The Labute approximate surface area is 146 Å². The molecule has 2 aromatic rings. The number of anilines is 1. The van der Waals surface area contributed by atoms with Gasteiger partial charge in [0.1, 0.15) is 11.6 Å². The van der Waals surface area contributed by atoms with Crippen LogP contribution in [0.3, 0.4) is 0 Å². The van der Waals surface area contributed by atoms with Crippen LogP contribution in [0.5, 0.6) is 0 Å². The third-order valence-corrected chi connectivity index (χ3v) is 4.15. The maximum Gasteiger partial charge on any atom is 0.346 e. The van der Waals surface area contributed by atoms with Crippen LogP contribution in [-0.2, 0) is 9.53 Å². The number of nitriles is 1. The second-order valence-electron chi connectivity index (χ2n) is 5.74. The summed E-state index contributed by atoms with van der Waals surface area (Å²) < 4.78 is 5.37. The van der Waals surface area contributed by atoms with Crippen molar-refractivity contribution in [1.29, 1.82) is 5.26 Å². The number of aliphatic carboxylic acids is 1. The van der Waals surface area contributed by atoms with E-state index in [9.17, 15) is 4.79 Å². The Morgan fingerprint density at radius 2 is 1.60 bits per heavy atom. The molecule has 2 aromatic carbocycles. The predicted octanol–water partition coefficient (Wildman–Crippen LogP) is 3.18. The van der Waals surface area contributed by atoms with Crippen LogP contribution in [0.15, 0.2) is 54.1 Å². The summed E-state index contributed by atoms with van der Waals surface area (Å²) in [5.41, 5.74) is 3.73. The molecule has 1 fully saturated rings. The molecule has 0 saturated carbocycles. The summed E-state index contributed by atoms with van der Waals surface area (Å²) in [6.07, 6.45) is 1.37. The number of benzene rings is 2. The van der Waals surface area contributed by atoms with E-state index in [0.29, 0.717) is 5.56 Å². The maximum absolute atomic E-state index is 10.9. The lowest BCUT2D eigenvalue weighted by Crippen LogP contribution is -2.36. The van der Waals surface area contributed by atoms with Crippen LogP contribution in [-0.4, -0.2) is 37.4 Å². The predicted molar refractivity (Wildman–Crippen MR) is 96.1 cm³/mol. The lowest BCUT2D eigenvalue weighted by Gasteiger charge is -2.28. The molecule has 1 N–H and O–H groups in total. The first kappa shape index (κ1) is 16.7. The molecule has 0 unspecified atom stereocenters. The maximum atomic E-state index is 10.9. The van der Waals surface area contributed by atoms with E-state index in [0.717, 1.165) is 37.4 Å². The summed E-state index contributed by atoms with van der Waals surface area (Å²) in [6.45, 7) is 3.34. The van der Waals surface area contributed by atoms with Crippen molar-refractivity contribution in [3.8, 4) is 17.2 Å².